The Labute approximate surface area is 124 Å². The first kappa shape index (κ1) is 17.1. The standard InChI is InChI=1S/C14H16F6N2/c15-10-3-1-2-9(14(18,19)20)13(10)11(8-12(16)17)22-6-4-21-5-7-22/h1-3,11-12,21H,4-8H2/t11-/m0/s1. The Bertz CT molecular complexity index is 497. The zero-order chi connectivity index (χ0) is 16.3. The molecule has 1 fully saturated rings. The SMILES string of the molecule is Fc1cccc(C(F)(F)F)c1[C@H](CC(F)F)N1CCNCC1. The van der Waals surface area contributed by atoms with E-state index >= 15 is 0 Å². The van der Waals surface area contributed by atoms with Crippen molar-refractivity contribution in [1.82, 2.24) is 10.2 Å². The summed E-state index contributed by atoms with van der Waals surface area (Å²) in [4.78, 5) is 1.48. The van der Waals surface area contributed by atoms with Gasteiger partial charge in [-0.3, -0.25) is 4.90 Å². The fourth-order valence-corrected chi connectivity index (χ4v) is 2.73. The average molecular weight is 326 g/mol. The van der Waals surface area contributed by atoms with E-state index in [1.807, 2.05) is 0 Å². The fourth-order valence-electron chi connectivity index (χ4n) is 2.73. The van der Waals surface area contributed by atoms with Gasteiger partial charge in [0.15, 0.2) is 0 Å². The molecule has 1 atom stereocenters. The van der Waals surface area contributed by atoms with Crippen molar-refractivity contribution >= 4 is 0 Å². The number of alkyl halides is 5. The van der Waals surface area contributed by atoms with Gasteiger partial charge in [-0.1, -0.05) is 6.07 Å². The van der Waals surface area contributed by atoms with E-state index in [2.05, 4.69) is 5.32 Å². The van der Waals surface area contributed by atoms with E-state index in [4.69, 9.17) is 0 Å². The quantitative estimate of drug-likeness (QED) is 0.853. The average Bonchev–Trinajstić information content (AvgIpc) is 2.44. The van der Waals surface area contributed by atoms with Crippen molar-refractivity contribution in [3.63, 3.8) is 0 Å². The molecule has 2 nitrogen and oxygen atoms in total. The lowest BCUT2D eigenvalue weighted by Gasteiger charge is -2.36. The van der Waals surface area contributed by atoms with Gasteiger partial charge >= 0.3 is 6.18 Å². The first-order valence-electron chi connectivity index (χ1n) is 6.89. The van der Waals surface area contributed by atoms with E-state index in [0.717, 1.165) is 18.2 Å². The molecule has 0 aromatic heterocycles. The van der Waals surface area contributed by atoms with Crippen LogP contribution in [-0.2, 0) is 6.18 Å². The fraction of sp³-hybridized carbons (Fsp3) is 0.571. The van der Waals surface area contributed by atoms with Crippen molar-refractivity contribution < 1.29 is 26.3 Å². The highest BCUT2D eigenvalue weighted by Crippen LogP contribution is 2.39. The summed E-state index contributed by atoms with van der Waals surface area (Å²) in [5, 5.41) is 2.99. The predicted molar refractivity (Wildman–Crippen MR) is 69.2 cm³/mol. The van der Waals surface area contributed by atoms with Crippen LogP contribution in [0.25, 0.3) is 0 Å². The monoisotopic (exact) mass is 326 g/mol. The maximum absolute atomic E-state index is 14.0. The summed E-state index contributed by atoms with van der Waals surface area (Å²) < 4.78 is 79.1. The third kappa shape index (κ3) is 3.92. The van der Waals surface area contributed by atoms with Crippen LogP contribution in [0.2, 0.25) is 0 Å². The summed E-state index contributed by atoms with van der Waals surface area (Å²) in [6.07, 6.45) is -8.43. The second kappa shape index (κ2) is 6.87. The highest BCUT2D eigenvalue weighted by molar-refractivity contribution is 5.34. The van der Waals surface area contributed by atoms with Crippen LogP contribution in [0.4, 0.5) is 26.3 Å². The lowest BCUT2D eigenvalue weighted by Crippen LogP contribution is -2.46. The maximum atomic E-state index is 14.0. The van der Waals surface area contributed by atoms with Crippen molar-refractivity contribution in [3.8, 4) is 0 Å². The van der Waals surface area contributed by atoms with Gasteiger partial charge in [0, 0.05) is 44.2 Å². The van der Waals surface area contributed by atoms with E-state index in [-0.39, 0.29) is 0 Å². The van der Waals surface area contributed by atoms with Gasteiger partial charge in [0.1, 0.15) is 5.82 Å². The molecule has 1 saturated heterocycles. The number of piperazine rings is 1. The highest BCUT2D eigenvalue weighted by atomic mass is 19.4. The lowest BCUT2D eigenvalue weighted by molar-refractivity contribution is -0.139. The number of halogens is 6. The topological polar surface area (TPSA) is 15.3 Å². The van der Waals surface area contributed by atoms with Gasteiger partial charge in [-0.2, -0.15) is 13.2 Å². The number of benzene rings is 1. The van der Waals surface area contributed by atoms with Gasteiger partial charge in [-0.25, -0.2) is 13.2 Å². The van der Waals surface area contributed by atoms with Gasteiger partial charge in [-0.05, 0) is 12.1 Å². The number of hydrogen-bond acceptors (Lipinski definition) is 2. The van der Waals surface area contributed by atoms with Gasteiger partial charge in [-0.15, -0.1) is 0 Å². The van der Waals surface area contributed by atoms with E-state index in [1.54, 1.807) is 0 Å². The second-order valence-corrected chi connectivity index (χ2v) is 5.13. The molecule has 0 saturated carbocycles. The largest absolute Gasteiger partial charge is 0.416 e. The van der Waals surface area contributed by atoms with Crippen molar-refractivity contribution in [2.24, 2.45) is 0 Å². The maximum Gasteiger partial charge on any atom is 0.416 e. The first-order chi connectivity index (χ1) is 10.3. The minimum absolute atomic E-state index is 0.295. The van der Waals surface area contributed by atoms with Crippen molar-refractivity contribution in [1.29, 1.82) is 0 Å². The molecule has 0 amide bonds. The van der Waals surface area contributed by atoms with Crippen LogP contribution < -0.4 is 5.32 Å². The molecule has 0 radical (unpaired) electrons. The molecule has 1 aromatic carbocycles. The van der Waals surface area contributed by atoms with E-state index < -0.39 is 42.0 Å². The summed E-state index contributed by atoms with van der Waals surface area (Å²) in [6, 6.07) is 1.27. The molecule has 124 valence electrons. The zero-order valence-corrected chi connectivity index (χ0v) is 11.6. The van der Waals surface area contributed by atoms with Gasteiger partial charge < -0.3 is 5.32 Å². The summed E-state index contributed by atoms with van der Waals surface area (Å²) in [7, 11) is 0. The Hall–Kier alpha value is -1.28. The van der Waals surface area contributed by atoms with Crippen LogP contribution in [0.1, 0.15) is 23.6 Å². The van der Waals surface area contributed by atoms with Crippen molar-refractivity contribution in [3.05, 3.63) is 35.1 Å². The Morgan fingerprint density at radius 3 is 2.32 bits per heavy atom. The Kier molecular flexibility index (Phi) is 5.33. The third-order valence-electron chi connectivity index (χ3n) is 3.69. The molecule has 1 heterocycles. The molecule has 1 aliphatic rings. The molecule has 0 bridgehead atoms. The lowest BCUT2D eigenvalue weighted by atomic mass is 9.95. The number of nitrogens with one attached hydrogen (secondary N) is 1. The molecule has 0 spiro atoms. The van der Waals surface area contributed by atoms with Crippen LogP contribution in [0, 0.1) is 5.82 Å². The molecule has 2 rings (SSSR count). The summed E-state index contributed by atoms with van der Waals surface area (Å²) in [5.74, 6) is -1.10. The molecule has 22 heavy (non-hydrogen) atoms. The molecule has 1 N–H and O–H groups in total. The number of hydrogen-bond donors (Lipinski definition) is 1. The minimum atomic E-state index is -4.79. The second-order valence-electron chi connectivity index (χ2n) is 5.13. The van der Waals surface area contributed by atoms with Crippen molar-refractivity contribution in [2.75, 3.05) is 26.2 Å². The van der Waals surface area contributed by atoms with Crippen molar-refractivity contribution in [2.45, 2.75) is 25.1 Å². The smallest absolute Gasteiger partial charge is 0.314 e. The van der Waals surface area contributed by atoms with Crippen LogP contribution in [-0.4, -0.2) is 37.5 Å². The summed E-state index contributed by atoms with van der Waals surface area (Å²) in [6.45, 7) is 1.52. The Morgan fingerprint density at radius 2 is 1.77 bits per heavy atom. The molecule has 1 aromatic rings. The Morgan fingerprint density at radius 1 is 1.14 bits per heavy atom. The summed E-state index contributed by atoms with van der Waals surface area (Å²) >= 11 is 0. The van der Waals surface area contributed by atoms with Crippen LogP contribution in [0.5, 0.6) is 0 Å². The molecular weight excluding hydrogens is 310 g/mol. The number of rotatable bonds is 4. The predicted octanol–water partition coefficient (Wildman–Crippen LogP) is 3.45. The third-order valence-corrected chi connectivity index (χ3v) is 3.69. The van der Waals surface area contributed by atoms with Gasteiger partial charge in [0.05, 0.1) is 5.56 Å². The zero-order valence-electron chi connectivity index (χ0n) is 11.6. The molecular formula is C14H16F6N2. The van der Waals surface area contributed by atoms with Crippen LogP contribution in [0.15, 0.2) is 18.2 Å². The molecule has 0 aliphatic carbocycles. The van der Waals surface area contributed by atoms with E-state index in [0.29, 0.717) is 26.2 Å². The molecule has 1 aliphatic heterocycles. The molecule has 0 unspecified atom stereocenters. The van der Waals surface area contributed by atoms with E-state index in [9.17, 15) is 26.3 Å². The summed E-state index contributed by atoms with van der Waals surface area (Å²) in [5.41, 5.74) is -1.87. The number of nitrogens with zero attached hydrogens (tertiary/aromatic N) is 1. The highest BCUT2D eigenvalue weighted by Gasteiger charge is 2.39. The Balaban J connectivity index is 2.46. The first-order valence-corrected chi connectivity index (χ1v) is 6.89. The van der Waals surface area contributed by atoms with Gasteiger partial charge in [0.2, 0.25) is 6.43 Å². The molecule has 8 heteroatoms. The van der Waals surface area contributed by atoms with E-state index in [1.165, 1.54) is 4.90 Å². The normalized spacial score (nSPS) is 18.7. The van der Waals surface area contributed by atoms with Crippen LogP contribution >= 0.6 is 0 Å². The van der Waals surface area contributed by atoms with Crippen LogP contribution in [0.3, 0.4) is 0 Å². The minimum Gasteiger partial charge on any atom is -0.314 e. The van der Waals surface area contributed by atoms with Gasteiger partial charge in [0.25, 0.3) is 0 Å².